The van der Waals surface area contributed by atoms with Crippen LogP contribution in [0.1, 0.15) is 27.2 Å². The molecule has 11 heteroatoms. The number of ketones is 1. The van der Waals surface area contributed by atoms with E-state index in [0.29, 0.717) is 28.3 Å². The van der Waals surface area contributed by atoms with Gasteiger partial charge < -0.3 is 25.8 Å². The number of hydrogen-bond acceptors (Lipinski definition) is 7. The quantitative estimate of drug-likeness (QED) is 0.0526. The van der Waals surface area contributed by atoms with Crippen LogP contribution in [0.25, 0.3) is 28.3 Å². The number of non-ortho nitro benzene ring substituents is 1. The first-order chi connectivity index (χ1) is 23.2. The minimum absolute atomic E-state index is 0.0313. The zero-order valence-corrected chi connectivity index (χ0v) is 25.4. The summed E-state index contributed by atoms with van der Waals surface area (Å²) >= 11 is 0. The van der Waals surface area contributed by atoms with Crippen molar-refractivity contribution in [2.24, 2.45) is 5.73 Å². The van der Waals surface area contributed by atoms with E-state index in [4.69, 9.17) is 10.2 Å². The van der Waals surface area contributed by atoms with Gasteiger partial charge in [0.15, 0.2) is 5.78 Å². The average Bonchev–Trinajstić information content (AvgIpc) is 3.75. The van der Waals surface area contributed by atoms with Gasteiger partial charge in [0.1, 0.15) is 11.5 Å². The highest BCUT2D eigenvalue weighted by atomic mass is 16.6. The van der Waals surface area contributed by atoms with E-state index in [1.807, 2.05) is 30.5 Å². The van der Waals surface area contributed by atoms with Crippen LogP contribution < -0.4 is 16.4 Å². The SMILES string of the molecule is N[C@@H](Cc1c[nH]c2ccccc12)C(=O)Nc1ccc(NC(=O)/C=C/c2ccc(-c3ccc([N+](=O)[O-])cc3)o2)cc1C(=O)c1ccccc1. The van der Waals surface area contributed by atoms with E-state index >= 15 is 0 Å². The van der Waals surface area contributed by atoms with Gasteiger partial charge in [-0.25, -0.2) is 0 Å². The number of benzene rings is 4. The van der Waals surface area contributed by atoms with E-state index in [-0.39, 0.29) is 29.1 Å². The second-order valence-corrected chi connectivity index (χ2v) is 10.9. The van der Waals surface area contributed by atoms with Crippen LogP contribution in [0.15, 0.2) is 126 Å². The third-order valence-electron chi connectivity index (χ3n) is 7.67. The number of nitrogens with zero attached hydrogens (tertiary/aromatic N) is 1. The number of carbonyl (C=O) groups is 3. The van der Waals surface area contributed by atoms with Gasteiger partial charge in [-0.2, -0.15) is 0 Å². The molecule has 0 aliphatic heterocycles. The number of H-pyrrole nitrogens is 1. The molecule has 238 valence electrons. The molecule has 2 heterocycles. The average molecular weight is 640 g/mol. The molecule has 11 nitrogen and oxygen atoms in total. The van der Waals surface area contributed by atoms with Crippen LogP contribution >= 0.6 is 0 Å². The first-order valence-corrected chi connectivity index (χ1v) is 14.9. The lowest BCUT2D eigenvalue weighted by Crippen LogP contribution is -2.37. The van der Waals surface area contributed by atoms with Crippen LogP contribution in [0.5, 0.6) is 0 Å². The van der Waals surface area contributed by atoms with Crippen molar-refractivity contribution < 1.29 is 23.7 Å². The largest absolute Gasteiger partial charge is 0.457 e. The zero-order valence-electron chi connectivity index (χ0n) is 25.4. The number of nitro groups is 1. The third-order valence-corrected chi connectivity index (χ3v) is 7.67. The molecule has 6 rings (SSSR count). The second kappa shape index (κ2) is 13.8. The fourth-order valence-corrected chi connectivity index (χ4v) is 5.21. The van der Waals surface area contributed by atoms with Crippen molar-refractivity contribution in [3.8, 4) is 11.3 Å². The molecule has 0 unspecified atom stereocenters. The molecule has 5 N–H and O–H groups in total. The number of fused-ring (bicyclic) bond motifs is 1. The Hall–Kier alpha value is -6.59. The number of nitrogens with one attached hydrogen (secondary N) is 3. The molecule has 0 spiro atoms. The van der Waals surface area contributed by atoms with Crippen molar-refractivity contribution in [2.75, 3.05) is 10.6 Å². The molecule has 0 aliphatic rings. The maximum Gasteiger partial charge on any atom is 0.269 e. The smallest absolute Gasteiger partial charge is 0.269 e. The van der Waals surface area contributed by atoms with Gasteiger partial charge >= 0.3 is 0 Å². The van der Waals surface area contributed by atoms with Crippen molar-refractivity contribution in [3.05, 3.63) is 154 Å². The van der Waals surface area contributed by atoms with E-state index in [0.717, 1.165) is 16.5 Å². The van der Waals surface area contributed by atoms with Gasteiger partial charge in [-0.15, -0.1) is 0 Å². The van der Waals surface area contributed by atoms with E-state index in [9.17, 15) is 24.5 Å². The van der Waals surface area contributed by atoms with Crippen LogP contribution in [0.2, 0.25) is 0 Å². The third kappa shape index (κ3) is 7.11. The fraction of sp³-hybridized carbons (Fsp3) is 0.0541. The van der Waals surface area contributed by atoms with E-state index in [1.165, 1.54) is 30.4 Å². The molecule has 0 bridgehead atoms. The first kappa shape index (κ1) is 31.4. The molecule has 2 aromatic heterocycles. The predicted octanol–water partition coefficient (Wildman–Crippen LogP) is 6.73. The lowest BCUT2D eigenvalue weighted by atomic mass is 10.00. The van der Waals surface area contributed by atoms with Crippen molar-refractivity contribution in [1.29, 1.82) is 0 Å². The Bertz CT molecular complexity index is 2170. The number of nitrogens with two attached hydrogens (primary N) is 1. The molecule has 4 aromatic carbocycles. The molecule has 2 amide bonds. The number of aromatic amines is 1. The molecule has 0 radical (unpaired) electrons. The highest BCUT2D eigenvalue weighted by molar-refractivity contribution is 6.15. The molecule has 0 aliphatic carbocycles. The Balaban J connectivity index is 1.17. The number of rotatable bonds is 11. The van der Waals surface area contributed by atoms with Gasteiger partial charge in [0.2, 0.25) is 11.8 Å². The number of carbonyl (C=O) groups excluding carboxylic acids is 3. The first-order valence-electron chi connectivity index (χ1n) is 14.9. The van der Waals surface area contributed by atoms with Crippen molar-refractivity contribution in [3.63, 3.8) is 0 Å². The topological polar surface area (TPSA) is 173 Å². The molecule has 0 saturated carbocycles. The van der Waals surface area contributed by atoms with Gasteiger partial charge in [0, 0.05) is 57.7 Å². The summed E-state index contributed by atoms with van der Waals surface area (Å²) in [5.74, 6) is -0.432. The van der Waals surface area contributed by atoms with Gasteiger partial charge in [0.05, 0.1) is 16.7 Å². The Morgan fingerprint density at radius 3 is 2.42 bits per heavy atom. The Labute approximate surface area is 274 Å². The van der Waals surface area contributed by atoms with Crippen LogP contribution in [-0.4, -0.2) is 33.5 Å². The number of anilines is 2. The minimum Gasteiger partial charge on any atom is -0.457 e. The normalized spacial score (nSPS) is 11.8. The molecular formula is C37H29N5O6. The number of para-hydroxylation sites is 1. The molecule has 48 heavy (non-hydrogen) atoms. The van der Waals surface area contributed by atoms with Gasteiger partial charge in [-0.3, -0.25) is 24.5 Å². The van der Waals surface area contributed by atoms with E-state index in [2.05, 4.69) is 15.6 Å². The van der Waals surface area contributed by atoms with Gasteiger partial charge in [-0.1, -0.05) is 48.5 Å². The number of aromatic nitrogens is 1. The van der Waals surface area contributed by atoms with Crippen LogP contribution in [-0.2, 0) is 16.0 Å². The van der Waals surface area contributed by atoms with Crippen molar-refractivity contribution in [1.82, 2.24) is 4.98 Å². The maximum atomic E-state index is 13.6. The van der Waals surface area contributed by atoms with Gasteiger partial charge in [0.25, 0.3) is 5.69 Å². The molecule has 1 atom stereocenters. The zero-order chi connectivity index (χ0) is 33.6. The summed E-state index contributed by atoms with van der Waals surface area (Å²) in [5, 5.41) is 17.4. The number of hydrogen-bond donors (Lipinski definition) is 4. The lowest BCUT2D eigenvalue weighted by molar-refractivity contribution is -0.384. The molecule has 6 aromatic rings. The Kier molecular flexibility index (Phi) is 9.03. The molecule has 0 fully saturated rings. The Morgan fingerprint density at radius 2 is 1.65 bits per heavy atom. The number of nitro benzene ring substituents is 1. The summed E-state index contributed by atoms with van der Waals surface area (Å²) in [4.78, 5) is 53.3. The predicted molar refractivity (Wildman–Crippen MR) is 183 cm³/mol. The second-order valence-electron chi connectivity index (χ2n) is 10.9. The maximum absolute atomic E-state index is 13.6. The molecular weight excluding hydrogens is 610 g/mol. The lowest BCUT2D eigenvalue weighted by Gasteiger charge is -2.16. The monoisotopic (exact) mass is 639 g/mol. The number of amides is 2. The summed E-state index contributed by atoms with van der Waals surface area (Å²) in [6.07, 6.45) is 4.86. The standard InChI is InChI=1S/C37H29N5O6/c38-31(20-25-22-39-32-9-5-4-8-29(25)32)37(45)41-33-17-12-26(21-30(33)36(44)24-6-2-1-3-7-24)40-35(43)19-16-28-15-18-34(48-28)23-10-13-27(14-11-23)42(46)47/h1-19,21-22,31,39H,20,38H2,(H,40,43)(H,41,45)/b19-16+/t31-/m0/s1. The van der Waals surface area contributed by atoms with E-state index < -0.39 is 22.8 Å². The fourth-order valence-electron chi connectivity index (χ4n) is 5.21. The summed E-state index contributed by atoms with van der Waals surface area (Å²) in [6.45, 7) is 0. The van der Waals surface area contributed by atoms with Crippen molar-refractivity contribution >= 4 is 51.6 Å². The molecule has 0 saturated heterocycles. The summed E-state index contributed by atoms with van der Waals surface area (Å²) in [6, 6.07) is 29.4. The summed E-state index contributed by atoms with van der Waals surface area (Å²) in [5.41, 5.74) is 9.93. The van der Waals surface area contributed by atoms with Crippen molar-refractivity contribution in [2.45, 2.75) is 12.5 Å². The summed E-state index contributed by atoms with van der Waals surface area (Å²) in [7, 11) is 0. The van der Waals surface area contributed by atoms with Crippen LogP contribution in [0, 0.1) is 10.1 Å². The highest BCUT2D eigenvalue weighted by Crippen LogP contribution is 2.27. The summed E-state index contributed by atoms with van der Waals surface area (Å²) < 4.78 is 5.76. The van der Waals surface area contributed by atoms with Crippen LogP contribution in [0.3, 0.4) is 0 Å². The van der Waals surface area contributed by atoms with E-state index in [1.54, 1.807) is 66.7 Å². The highest BCUT2D eigenvalue weighted by Gasteiger charge is 2.21. The number of furan rings is 1. The minimum atomic E-state index is -0.893. The Morgan fingerprint density at radius 1 is 0.896 bits per heavy atom. The van der Waals surface area contributed by atoms with Crippen LogP contribution in [0.4, 0.5) is 17.1 Å². The van der Waals surface area contributed by atoms with Gasteiger partial charge in [-0.05, 0) is 66.6 Å².